The van der Waals surface area contributed by atoms with Crippen molar-refractivity contribution >= 4 is 11.5 Å². The molecule has 0 unspecified atom stereocenters. The predicted octanol–water partition coefficient (Wildman–Crippen LogP) is 0.847. The zero-order chi connectivity index (χ0) is 9.90. The van der Waals surface area contributed by atoms with Crippen molar-refractivity contribution in [2.75, 3.05) is 17.7 Å². The molecule has 0 saturated heterocycles. The molecule has 0 fully saturated rings. The smallest absolute Gasteiger partial charge is 0.146 e. The molecule has 0 atom stereocenters. The third-order valence-electron chi connectivity index (χ3n) is 1.71. The van der Waals surface area contributed by atoms with Crippen molar-refractivity contribution in [3.8, 4) is 0 Å². The lowest BCUT2D eigenvalue weighted by Crippen LogP contribution is -2.35. The van der Waals surface area contributed by atoms with Crippen LogP contribution < -0.4 is 11.1 Å². The molecule has 1 rings (SSSR count). The Labute approximate surface area is 77.8 Å². The quantitative estimate of drug-likeness (QED) is 0.646. The molecule has 4 N–H and O–H groups in total. The van der Waals surface area contributed by atoms with Crippen LogP contribution in [0.25, 0.3) is 0 Å². The van der Waals surface area contributed by atoms with Crippen LogP contribution in [0.5, 0.6) is 0 Å². The molecule has 4 nitrogen and oxygen atoms in total. The maximum absolute atomic E-state index is 9.02. The third kappa shape index (κ3) is 2.59. The van der Waals surface area contributed by atoms with Gasteiger partial charge in [0.25, 0.3) is 0 Å². The van der Waals surface area contributed by atoms with Gasteiger partial charge in [-0.25, -0.2) is 4.98 Å². The van der Waals surface area contributed by atoms with E-state index in [1.165, 1.54) is 0 Å². The second-order valence-corrected chi connectivity index (χ2v) is 3.60. The summed E-state index contributed by atoms with van der Waals surface area (Å²) in [6.07, 6.45) is 1.63. The van der Waals surface area contributed by atoms with Gasteiger partial charge in [0.2, 0.25) is 0 Å². The van der Waals surface area contributed by atoms with Gasteiger partial charge in [0.1, 0.15) is 5.82 Å². The summed E-state index contributed by atoms with van der Waals surface area (Å²) in [5, 5.41) is 12.1. The normalized spacial score (nSPS) is 11.3. The van der Waals surface area contributed by atoms with Gasteiger partial charge in [-0.3, -0.25) is 0 Å². The largest absolute Gasteiger partial charge is 0.394 e. The number of aromatic nitrogens is 1. The molecule has 0 radical (unpaired) electrons. The van der Waals surface area contributed by atoms with Crippen LogP contribution in [-0.2, 0) is 0 Å². The molecule has 0 amide bonds. The Hall–Kier alpha value is -1.29. The van der Waals surface area contributed by atoms with Crippen molar-refractivity contribution < 1.29 is 5.11 Å². The highest BCUT2D eigenvalue weighted by Gasteiger charge is 2.16. The number of nitrogen functional groups attached to an aromatic ring is 1. The Kier molecular flexibility index (Phi) is 2.72. The minimum Gasteiger partial charge on any atom is -0.394 e. The predicted molar refractivity (Wildman–Crippen MR) is 53.4 cm³/mol. The van der Waals surface area contributed by atoms with Gasteiger partial charge in [-0.15, -0.1) is 0 Å². The molecule has 72 valence electrons. The summed E-state index contributed by atoms with van der Waals surface area (Å²) < 4.78 is 0. The Balaban J connectivity index is 2.80. The molecule has 4 heteroatoms. The van der Waals surface area contributed by atoms with Gasteiger partial charge in [0.05, 0.1) is 17.8 Å². The number of rotatable bonds is 3. The first-order valence-corrected chi connectivity index (χ1v) is 4.15. The maximum atomic E-state index is 9.02. The van der Waals surface area contributed by atoms with E-state index in [0.29, 0.717) is 5.82 Å². The standard InChI is InChI=1S/C9H15N3O/c1-9(2,6-13)12-7-4-3-5-11-8(7)10/h3-5,12-13H,6H2,1-2H3,(H2,10,11). The van der Waals surface area contributed by atoms with E-state index in [0.717, 1.165) is 5.69 Å². The number of hydrogen-bond donors (Lipinski definition) is 3. The number of aliphatic hydroxyl groups excluding tert-OH is 1. The Morgan fingerprint density at radius 2 is 2.31 bits per heavy atom. The Morgan fingerprint density at radius 3 is 2.85 bits per heavy atom. The van der Waals surface area contributed by atoms with E-state index < -0.39 is 0 Å². The molecule has 0 bridgehead atoms. The van der Waals surface area contributed by atoms with Gasteiger partial charge in [-0.2, -0.15) is 0 Å². The molecule has 0 aromatic carbocycles. The molecular formula is C9H15N3O. The van der Waals surface area contributed by atoms with Crippen LogP contribution in [0.3, 0.4) is 0 Å². The summed E-state index contributed by atoms with van der Waals surface area (Å²) in [6.45, 7) is 3.82. The van der Waals surface area contributed by atoms with Crippen LogP contribution in [0.15, 0.2) is 18.3 Å². The summed E-state index contributed by atoms with van der Waals surface area (Å²) >= 11 is 0. The van der Waals surface area contributed by atoms with Crippen molar-refractivity contribution in [2.45, 2.75) is 19.4 Å². The van der Waals surface area contributed by atoms with Crippen LogP contribution in [0.1, 0.15) is 13.8 Å². The minimum atomic E-state index is -0.378. The van der Waals surface area contributed by atoms with Gasteiger partial charge >= 0.3 is 0 Å². The van der Waals surface area contributed by atoms with Crippen molar-refractivity contribution in [2.24, 2.45) is 0 Å². The summed E-state index contributed by atoms with van der Waals surface area (Å²) in [5.41, 5.74) is 6.00. The minimum absolute atomic E-state index is 0.0430. The van der Waals surface area contributed by atoms with Crippen molar-refractivity contribution in [3.05, 3.63) is 18.3 Å². The van der Waals surface area contributed by atoms with E-state index in [1.807, 2.05) is 19.9 Å². The van der Waals surface area contributed by atoms with Gasteiger partial charge in [-0.05, 0) is 26.0 Å². The van der Waals surface area contributed by atoms with E-state index in [-0.39, 0.29) is 12.1 Å². The van der Waals surface area contributed by atoms with E-state index in [4.69, 9.17) is 10.8 Å². The lowest BCUT2D eigenvalue weighted by atomic mass is 10.1. The molecule has 1 aromatic heterocycles. The SMILES string of the molecule is CC(C)(CO)Nc1cccnc1N. The molecule has 1 aromatic rings. The van der Waals surface area contributed by atoms with E-state index in [9.17, 15) is 0 Å². The molecule has 0 aliphatic carbocycles. The van der Waals surface area contributed by atoms with Crippen molar-refractivity contribution in [3.63, 3.8) is 0 Å². The fourth-order valence-corrected chi connectivity index (χ4v) is 0.927. The summed E-state index contributed by atoms with van der Waals surface area (Å²) in [5.74, 6) is 0.448. The number of hydrogen-bond acceptors (Lipinski definition) is 4. The number of nitrogens with zero attached hydrogens (tertiary/aromatic N) is 1. The monoisotopic (exact) mass is 181 g/mol. The number of anilines is 2. The number of nitrogens with one attached hydrogen (secondary N) is 1. The molecular weight excluding hydrogens is 166 g/mol. The Morgan fingerprint density at radius 1 is 1.62 bits per heavy atom. The Bertz CT molecular complexity index is 286. The highest BCUT2D eigenvalue weighted by atomic mass is 16.3. The molecule has 0 saturated carbocycles. The van der Waals surface area contributed by atoms with Gasteiger partial charge in [0.15, 0.2) is 0 Å². The second kappa shape index (κ2) is 3.62. The molecule has 0 aliphatic rings. The highest BCUT2D eigenvalue weighted by molar-refractivity contribution is 5.61. The number of aliphatic hydroxyl groups is 1. The summed E-state index contributed by atoms with van der Waals surface area (Å²) in [4.78, 5) is 3.93. The van der Waals surface area contributed by atoms with Gasteiger partial charge in [0, 0.05) is 6.20 Å². The topological polar surface area (TPSA) is 71.2 Å². The lowest BCUT2D eigenvalue weighted by Gasteiger charge is -2.25. The molecule has 13 heavy (non-hydrogen) atoms. The van der Waals surface area contributed by atoms with Crippen LogP contribution in [0, 0.1) is 0 Å². The third-order valence-corrected chi connectivity index (χ3v) is 1.71. The lowest BCUT2D eigenvalue weighted by molar-refractivity contribution is 0.234. The van der Waals surface area contributed by atoms with Crippen molar-refractivity contribution in [1.29, 1.82) is 0 Å². The number of pyridine rings is 1. The zero-order valence-electron chi connectivity index (χ0n) is 7.91. The van der Waals surface area contributed by atoms with Gasteiger partial charge in [-0.1, -0.05) is 0 Å². The average Bonchev–Trinajstić information content (AvgIpc) is 2.09. The number of nitrogens with two attached hydrogens (primary N) is 1. The van der Waals surface area contributed by atoms with Crippen LogP contribution >= 0.6 is 0 Å². The van der Waals surface area contributed by atoms with E-state index >= 15 is 0 Å². The van der Waals surface area contributed by atoms with Gasteiger partial charge < -0.3 is 16.2 Å². The van der Waals surface area contributed by atoms with Crippen LogP contribution in [0.2, 0.25) is 0 Å². The second-order valence-electron chi connectivity index (χ2n) is 3.60. The first-order chi connectivity index (χ1) is 6.05. The first kappa shape index (κ1) is 9.80. The first-order valence-electron chi connectivity index (χ1n) is 4.15. The molecule has 0 spiro atoms. The molecule has 1 heterocycles. The maximum Gasteiger partial charge on any atom is 0.146 e. The van der Waals surface area contributed by atoms with E-state index in [1.54, 1.807) is 12.3 Å². The fourth-order valence-electron chi connectivity index (χ4n) is 0.927. The molecule has 0 aliphatic heterocycles. The highest BCUT2D eigenvalue weighted by Crippen LogP contribution is 2.18. The summed E-state index contributed by atoms with van der Waals surface area (Å²) in [7, 11) is 0. The fraction of sp³-hybridized carbons (Fsp3) is 0.444. The van der Waals surface area contributed by atoms with Crippen LogP contribution in [0.4, 0.5) is 11.5 Å². The van der Waals surface area contributed by atoms with Crippen LogP contribution in [-0.4, -0.2) is 22.2 Å². The zero-order valence-corrected chi connectivity index (χ0v) is 7.91. The van der Waals surface area contributed by atoms with E-state index in [2.05, 4.69) is 10.3 Å². The average molecular weight is 181 g/mol. The van der Waals surface area contributed by atoms with Crippen molar-refractivity contribution in [1.82, 2.24) is 4.98 Å². The summed E-state index contributed by atoms with van der Waals surface area (Å²) in [6, 6.07) is 3.63.